The molecule has 4 nitrogen and oxygen atoms in total. The Kier molecular flexibility index (Phi) is 6.74. The van der Waals surface area contributed by atoms with Crippen LogP contribution < -0.4 is 10.7 Å². The Hall–Kier alpha value is -3.66. The van der Waals surface area contributed by atoms with E-state index >= 15 is 0 Å². The third-order valence-electron chi connectivity index (χ3n) is 4.19. The van der Waals surface area contributed by atoms with E-state index in [4.69, 9.17) is 0 Å². The van der Waals surface area contributed by atoms with Crippen LogP contribution in [-0.2, 0) is 4.79 Å². The number of nitrogens with zero attached hydrogens (tertiary/aromatic N) is 1. The van der Waals surface area contributed by atoms with Crippen LogP contribution in [-0.4, -0.2) is 18.2 Å². The number of para-hydroxylation sites is 1. The van der Waals surface area contributed by atoms with E-state index in [0.29, 0.717) is 5.71 Å². The fourth-order valence-electron chi connectivity index (χ4n) is 2.66. The van der Waals surface area contributed by atoms with Gasteiger partial charge in [-0.15, -0.1) is 0 Å². The highest BCUT2D eigenvalue weighted by molar-refractivity contribution is 6.11. The average molecular weight is 369 g/mol. The van der Waals surface area contributed by atoms with Crippen LogP contribution in [0, 0.1) is 6.92 Å². The van der Waals surface area contributed by atoms with Crippen molar-refractivity contribution in [3.05, 3.63) is 108 Å². The van der Waals surface area contributed by atoms with E-state index < -0.39 is 0 Å². The standard InChI is InChI=1S/C24H23N3O/c1-19-10-8-9-15-22(19)25-18-24(28)27-26-23(21-13-6-3-7-14-21)17-16-20-11-4-2-5-12-20/h2-17,25H,18H2,1H3,(H,27,28)/b17-16+,26-23?. The zero-order valence-corrected chi connectivity index (χ0v) is 15.8. The summed E-state index contributed by atoms with van der Waals surface area (Å²) in [4.78, 5) is 12.2. The summed E-state index contributed by atoms with van der Waals surface area (Å²) in [5.74, 6) is -0.204. The van der Waals surface area contributed by atoms with Gasteiger partial charge >= 0.3 is 0 Å². The molecule has 0 radical (unpaired) electrons. The summed E-state index contributed by atoms with van der Waals surface area (Å²) in [6, 6.07) is 27.6. The van der Waals surface area contributed by atoms with Crippen LogP contribution in [0.5, 0.6) is 0 Å². The Morgan fingerprint density at radius 2 is 1.54 bits per heavy atom. The molecular weight excluding hydrogens is 346 g/mol. The first kappa shape index (κ1) is 19.1. The fraction of sp³-hybridized carbons (Fsp3) is 0.0833. The number of hydrazone groups is 1. The third-order valence-corrected chi connectivity index (χ3v) is 4.19. The Labute approximate surface area is 165 Å². The van der Waals surface area contributed by atoms with Crippen molar-refractivity contribution in [2.75, 3.05) is 11.9 Å². The number of aryl methyl sites for hydroxylation is 1. The lowest BCUT2D eigenvalue weighted by Crippen LogP contribution is -2.27. The first-order chi connectivity index (χ1) is 13.7. The van der Waals surface area contributed by atoms with Gasteiger partial charge < -0.3 is 5.32 Å². The van der Waals surface area contributed by atoms with Crippen LogP contribution in [0.25, 0.3) is 6.08 Å². The minimum Gasteiger partial charge on any atom is -0.376 e. The zero-order valence-electron chi connectivity index (χ0n) is 15.8. The minimum atomic E-state index is -0.204. The number of benzene rings is 3. The lowest BCUT2D eigenvalue weighted by molar-refractivity contribution is -0.119. The normalized spacial score (nSPS) is 11.4. The van der Waals surface area contributed by atoms with Crippen molar-refractivity contribution in [1.29, 1.82) is 0 Å². The van der Waals surface area contributed by atoms with Gasteiger partial charge in [-0.2, -0.15) is 5.10 Å². The van der Waals surface area contributed by atoms with E-state index in [9.17, 15) is 4.79 Å². The Balaban J connectivity index is 1.69. The molecule has 4 heteroatoms. The number of hydrogen-bond acceptors (Lipinski definition) is 3. The second-order valence-corrected chi connectivity index (χ2v) is 6.31. The van der Waals surface area contributed by atoms with E-state index in [-0.39, 0.29) is 12.5 Å². The predicted octanol–water partition coefficient (Wildman–Crippen LogP) is 4.64. The molecule has 3 aromatic carbocycles. The molecule has 3 aromatic rings. The number of allylic oxidation sites excluding steroid dienone is 1. The van der Waals surface area contributed by atoms with Crippen molar-refractivity contribution in [2.24, 2.45) is 5.10 Å². The number of nitrogens with one attached hydrogen (secondary N) is 2. The van der Waals surface area contributed by atoms with E-state index in [0.717, 1.165) is 22.4 Å². The van der Waals surface area contributed by atoms with Crippen LogP contribution in [0.15, 0.2) is 96.1 Å². The molecule has 0 aliphatic heterocycles. The van der Waals surface area contributed by atoms with Crippen molar-refractivity contribution in [1.82, 2.24) is 5.43 Å². The summed E-state index contributed by atoms with van der Waals surface area (Å²) >= 11 is 0. The number of carbonyl (C=O) groups excluding carboxylic acids is 1. The summed E-state index contributed by atoms with van der Waals surface area (Å²) in [6.07, 6.45) is 3.88. The molecule has 0 atom stereocenters. The van der Waals surface area contributed by atoms with Crippen LogP contribution in [0.3, 0.4) is 0 Å². The van der Waals surface area contributed by atoms with Crippen LogP contribution in [0.2, 0.25) is 0 Å². The van der Waals surface area contributed by atoms with Gasteiger partial charge in [0.25, 0.3) is 5.91 Å². The van der Waals surface area contributed by atoms with Gasteiger partial charge in [0.05, 0.1) is 12.3 Å². The summed E-state index contributed by atoms with van der Waals surface area (Å²) in [5, 5.41) is 7.47. The van der Waals surface area contributed by atoms with Gasteiger partial charge in [0.15, 0.2) is 0 Å². The minimum absolute atomic E-state index is 0.152. The molecule has 0 bridgehead atoms. The van der Waals surface area contributed by atoms with Gasteiger partial charge in [0.2, 0.25) is 0 Å². The summed E-state index contributed by atoms with van der Waals surface area (Å²) in [6.45, 7) is 2.15. The number of rotatable bonds is 7. The molecule has 1 amide bonds. The number of anilines is 1. The molecular formula is C24H23N3O. The van der Waals surface area contributed by atoms with Gasteiger partial charge in [-0.25, -0.2) is 5.43 Å². The first-order valence-electron chi connectivity index (χ1n) is 9.17. The lowest BCUT2D eigenvalue weighted by Gasteiger charge is -2.08. The van der Waals surface area contributed by atoms with Crippen molar-refractivity contribution in [3.63, 3.8) is 0 Å². The van der Waals surface area contributed by atoms with Crippen molar-refractivity contribution in [3.8, 4) is 0 Å². The summed E-state index contributed by atoms with van der Waals surface area (Å²) in [7, 11) is 0. The first-order valence-corrected chi connectivity index (χ1v) is 9.17. The van der Waals surface area contributed by atoms with Crippen LogP contribution in [0.1, 0.15) is 16.7 Å². The van der Waals surface area contributed by atoms with E-state index in [1.165, 1.54) is 0 Å². The molecule has 0 spiro atoms. The highest BCUT2D eigenvalue weighted by Gasteiger charge is 2.04. The molecule has 0 heterocycles. The molecule has 0 aliphatic carbocycles. The maximum atomic E-state index is 12.2. The molecule has 28 heavy (non-hydrogen) atoms. The maximum absolute atomic E-state index is 12.2. The molecule has 0 unspecified atom stereocenters. The lowest BCUT2D eigenvalue weighted by atomic mass is 10.1. The van der Waals surface area contributed by atoms with Crippen molar-refractivity contribution >= 4 is 23.4 Å². The van der Waals surface area contributed by atoms with E-state index in [2.05, 4.69) is 15.8 Å². The Morgan fingerprint density at radius 1 is 0.893 bits per heavy atom. The molecule has 140 valence electrons. The summed E-state index contributed by atoms with van der Waals surface area (Å²) in [5.41, 5.74) is 7.36. The highest BCUT2D eigenvalue weighted by atomic mass is 16.2. The topological polar surface area (TPSA) is 53.5 Å². The molecule has 2 N–H and O–H groups in total. The molecule has 0 saturated carbocycles. The molecule has 0 aliphatic rings. The quantitative estimate of drug-likeness (QED) is 0.471. The molecule has 0 aromatic heterocycles. The van der Waals surface area contributed by atoms with E-state index in [1.807, 2.05) is 104 Å². The highest BCUT2D eigenvalue weighted by Crippen LogP contribution is 2.12. The van der Waals surface area contributed by atoms with Gasteiger partial charge in [0.1, 0.15) is 0 Å². The Morgan fingerprint density at radius 3 is 2.25 bits per heavy atom. The fourth-order valence-corrected chi connectivity index (χ4v) is 2.66. The summed E-state index contributed by atoms with van der Waals surface area (Å²) < 4.78 is 0. The van der Waals surface area contributed by atoms with E-state index in [1.54, 1.807) is 0 Å². The van der Waals surface area contributed by atoms with Gasteiger partial charge in [0, 0.05) is 11.3 Å². The number of carbonyl (C=O) groups is 1. The molecule has 3 rings (SSSR count). The van der Waals surface area contributed by atoms with Crippen LogP contribution in [0.4, 0.5) is 5.69 Å². The molecule has 0 saturated heterocycles. The van der Waals surface area contributed by atoms with Crippen LogP contribution >= 0.6 is 0 Å². The average Bonchev–Trinajstić information content (AvgIpc) is 2.74. The number of amides is 1. The third kappa shape index (κ3) is 5.68. The second kappa shape index (κ2) is 9.88. The Bertz CT molecular complexity index is 963. The molecule has 0 fully saturated rings. The van der Waals surface area contributed by atoms with Crippen molar-refractivity contribution in [2.45, 2.75) is 6.92 Å². The van der Waals surface area contributed by atoms with Gasteiger partial charge in [-0.05, 0) is 30.2 Å². The monoisotopic (exact) mass is 369 g/mol. The van der Waals surface area contributed by atoms with Gasteiger partial charge in [-0.3, -0.25) is 4.79 Å². The maximum Gasteiger partial charge on any atom is 0.259 e. The largest absolute Gasteiger partial charge is 0.376 e. The number of hydrogen-bond donors (Lipinski definition) is 2. The van der Waals surface area contributed by atoms with Crippen molar-refractivity contribution < 1.29 is 4.79 Å². The SMILES string of the molecule is Cc1ccccc1NCC(=O)NN=C(/C=C/c1ccccc1)c1ccccc1. The predicted molar refractivity (Wildman–Crippen MR) is 116 cm³/mol. The second-order valence-electron chi connectivity index (χ2n) is 6.31. The van der Waals surface area contributed by atoms with Gasteiger partial charge in [-0.1, -0.05) is 84.9 Å². The smallest absolute Gasteiger partial charge is 0.259 e. The zero-order chi connectivity index (χ0) is 19.6.